The molecule has 2 bridgehead atoms. The summed E-state index contributed by atoms with van der Waals surface area (Å²) < 4.78 is 1.70. The molecule has 1 saturated carbocycles. The first-order valence-corrected chi connectivity index (χ1v) is 15.0. The van der Waals surface area contributed by atoms with E-state index in [4.69, 9.17) is 0 Å². The number of hydrogen-bond acceptors (Lipinski definition) is 6. The number of nitrogens with one attached hydrogen (secondary N) is 2. The fourth-order valence-electron chi connectivity index (χ4n) is 6.86. The number of ketones is 2. The predicted octanol–water partition coefficient (Wildman–Crippen LogP) is 4.27. The van der Waals surface area contributed by atoms with Crippen molar-refractivity contribution in [1.29, 1.82) is 0 Å². The molecule has 0 unspecified atom stereocenters. The molecule has 2 aliphatic heterocycles. The lowest BCUT2D eigenvalue weighted by molar-refractivity contribution is -0.139. The van der Waals surface area contributed by atoms with E-state index in [0.717, 1.165) is 60.7 Å². The van der Waals surface area contributed by atoms with Crippen molar-refractivity contribution in [2.24, 2.45) is 11.3 Å². The van der Waals surface area contributed by atoms with Crippen molar-refractivity contribution in [2.75, 3.05) is 11.9 Å². The van der Waals surface area contributed by atoms with Crippen LogP contribution in [0.3, 0.4) is 0 Å². The summed E-state index contributed by atoms with van der Waals surface area (Å²) in [5.41, 5.74) is 2.92. The molecule has 216 valence electrons. The van der Waals surface area contributed by atoms with Crippen LogP contribution in [-0.4, -0.2) is 62.7 Å². The molecule has 2 aromatic rings. The molecular weight excluding hydrogens is 506 g/mol. The maximum atomic E-state index is 14.0. The van der Waals surface area contributed by atoms with E-state index in [0.29, 0.717) is 25.1 Å². The second-order valence-electron chi connectivity index (χ2n) is 12.5. The molecule has 40 heavy (non-hydrogen) atoms. The zero-order chi connectivity index (χ0) is 28.8. The first-order chi connectivity index (χ1) is 19.0. The van der Waals surface area contributed by atoms with Gasteiger partial charge in [-0.1, -0.05) is 26.7 Å². The fraction of sp³-hybridized carbons (Fsp3) is 0.645. The van der Waals surface area contributed by atoms with Crippen LogP contribution in [0.2, 0.25) is 0 Å². The molecule has 2 fully saturated rings. The molecule has 9 heteroatoms. The highest BCUT2D eigenvalue weighted by Gasteiger charge is 2.66. The molecule has 1 aromatic heterocycles. The minimum Gasteiger partial charge on any atom is -0.383 e. The highest BCUT2D eigenvalue weighted by atomic mass is 16.2. The second-order valence-corrected chi connectivity index (χ2v) is 12.5. The van der Waals surface area contributed by atoms with Crippen LogP contribution in [0, 0.1) is 11.3 Å². The van der Waals surface area contributed by atoms with Crippen LogP contribution >= 0.6 is 0 Å². The average molecular weight is 550 g/mol. The minimum absolute atomic E-state index is 0.0306. The second kappa shape index (κ2) is 11.0. The summed E-state index contributed by atoms with van der Waals surface area (Å²) in [7, 11) is 0. The van der Waals surface area contributed by atoms with E-state index < -0.39 is 6.04 Å². The van der Waals surface area contributed by atoms with E-state index in [1.54, 1.807) is 9.58 Å². The van der Waals surface area contributed by atoms with E-state index in [2.05, 4.69) is 35.6 Å². The molecule has 0 spiro atoms. The van der Waals surface area contributed by atoms with Crippen molar-refractivity contribution < 1.29 is 19.2 Å². The number of aryl methyl sites for hydroxylation is 1. The number of nitrogens with zero attached hydrogens (tertiary/aromatic N) is 3. The Kier molecular flexibility index (Phi) is 7.77. The zero-order valence-electron chi connectivity index (χ0n) is 24.5. The van der Waals surface area contributed by atoms with Gasteiger partial charge >= 0.3 is 0 Å². The van der Waals surface area contributed by atoms with Crippen molar-refractivity contribution in [1.82, 2.24) is 20.0 Å². The average Bonchev–Trinajstić information content (AvgIpc) is 3.31. The Morgan fingerprint density at radius 1 is 1.18 bits per heavy atom. The molecule has 4 atom stereocenters. The maximum absolute atomic E-state index is 14.0. The minimum atomic E-state index is -0.486. The summed E-state index contributed by atoms with van der Waals surface area (Å²) in [6, 6.07) is 3.74. The van der Waals surface area contributed by atoms with Crippen LogP contribution in [0.1, 0.15) is 95.6 Å². The molecule has 1 aliphatic carbocycles. The lowest BCUT2D eigenvalue weighted by atomic mass is 9.95. The normalized spacial score (nSPS) is 27.4. The van der Waals surface area contributed by atoms with Gasteiger partial charge in [0.1, 0.15) is 12.2 Å². The highest BCUT2D eigenvalue weighted by Crippen LogP contribution is 2.59. The number of Topliss-reactive ketones (excluding diaryl/α,β-unsaturated/α-hetero) is 2. The van der Waals surface area contributed by atoms with Gasteiger partial charge in [-0.15, -0.1) is 0 Å². The van der Waals surface area contributed by atoms with Gasteiger partial charge in [-0.25, -0.2) is 0 Å². The van der Waals surface area contributed by atoms with Gasteiger partial charge < -0.3 is 15.5 Å². The first-order valence-electron chi connectivity index (χ1n) is 15.0. The summed E-state index contributed by atoms with van der Waals surface area (Å²) in [6.45, 7) is 9.93. The molecule has 2 amide bonds. The summed E-state index contributed by atoms with van der Waals surface area (Å²) in [5, 5.41) is 12.1. The van der Waals surface area contributed by atoms with Crippen molar-refractivity contribution in [2.45, 2.75) is 111 Å². The Labute approximate surface area is 236 Å². The highest BCUT2D eigenvalue weighted by molar-refractivity contribution is 6.06. The van der Waals surface area contributed by atoms with E-state index in [1.165, 1.54) is 6.92 Å². The summed E-state index contributed by atoms with van der Waals surface area (Å²) >= 11 is 0. The van der Waals surface area contributed by atoms with Gasteiger partial charge in [0.05, 0.1) is 11.6 Å². The Balaban J connectivity index is 1.58. The standard InChI is InChI=1S/C31H43N5O4/c1-6-25(38)24-14-31-15-26(31)36(24)27(39)16-35-29-21(11-9-7-8-10-19(4)30(40)32-17-31)12-22(33-18(2)3)13-23(29)28(34-35)20(5)37/h12-13,18-19,24,26,33H,6-11,14-17H2,1-5H3,(H,32,40)/t19-,24-,26+,31-/m0/s1. The number of aromatic nitrogens is 2. The molecule has 2 N–H and O–H groups in total. The third kappa shape index (κ3) is 5.27. The number of anilines is 1. The molecular formula is C31H43N5O4. The van der Waals surface area contributed by atoms with Gasteiger partial charge in [-0.2, -0.15) is 5.10 Å². The van der Waals surface area contributed by atoms with Crippen LogP contribution < -0.4 is 10.6 Å². The van der Waals surface area contributed by atoms with Crippen LogP contribution in [0.5, 0.6) is 0 Å². The number of carbonyl (C=O) groups excluding carboxylic acids is 4. The maximum Gasteiger partial charge on any atom is 0.245 e. The van der Waals surface area contributed by atoms with Gasteiger partial charge in [0.15, 0.2) is 11.6 Å². The zero-order valence-corrected chi connectivity index (χ0v) is 24.5. The van der Waals surface area contributed by atoms with Gasteiger partial charge in [0, 0.05) is 54.4 Å². The monoisotopic (exact) mass is 549 g/mol. The fourth-order valence-corrected chi connectivity index (χ4v) is 6.86. The molecule has 1 saturated heterocycles. The van der Waals surface area contributed by atoms with Crippen molar-refractivity contribution in [3.8, 4) is 0 Å². The van der Waals surface area contributed by atoms with Crippen LogP contribution in [-0.2, 0) is 27.3 Å². The largest absolute Gasteiger partial charge is 0.383 e. The van der Waals surface area contributed by atoms with Crippen LogP contribution in [0.15, 0.2) is 12.1 Å². The number of piperidine rings is 1. The van der Waals surface area contributed by atoms with Crippen LogP contribution in [0.4, 0.5) is 5.69 Å². The Morgan fingerprint density at radius 3 is 2.65 bits per heavy atom. The lowest BCUT2D eigenvalue weighted by Crippen LogP contribution is -2.44. The third-order valence-corrected chi connectivity index (χ3v) is 9.07. The predicted molar refractivity (Wildman–Crippen MR) is 154 cm³/mol. The topological polar surface area (TPSA) is 113 Å². The summed E-state index contributed by atoms with van der Waals surface area (Å²) in [4.78, 5) is 54.3. The Hall–Kier alpha value is -3.23. The molecule has 3 heterocycles. The van der Waals surface area contributed by atoms with Crippen LogP contribution in [0.25, 0.3) is 10.9 Å². The number of hydrogen-bond donors (Lipinski definition) is 2. The van der Waals surface area contributed by atoms with Crippen molar-refractivity contribution >= 4 is 40.0 Å². The molecule has 5 rings (SSSR count). The molecule has 0 radical (unpaired) electrons. The molecule has 3 aliphatic rings. The van der Waals surface area contributed by atoms with E-state index in [1.807, 2.05) is 19.9 Å². The Bertz CT molecular complexity index is 1350. The Morgan fingerprint density at radius 2 is 1.95 bits per heavy atom. The van der Waals surface area contributed by atoms with Gasteiger partial charge in [0.2, 0.25) is 11.8 Å². The number of benzene rings is 1. The SMILES string of the molecule is CCC(=O)[C@@H]1C[C@]23CNC(=O)[C@@H](C)CCCCCc4cc(NC(C)C)cc5c(C(C)=O)nn(c45)CC(=O)N1[C@@H]2C3. The molecule has 1 aromatic carbocycles. The number of amides is 2. The van der Waals surface area contributed by atoms with E-state index >= 15 is 0 Å². The van der Waals surface area contributed by atoms with E-state index in [9.17, 15) is 19.2 Å². The first kappa shape index (κ1) is 28.3. The van der Waals surface area contributed by atoms with Crippen molar-refractivity contribution in [3.05, 3.63) is 23.4 Å². The van der Waals surface area contributed by atoms with E-state index in [-0.39, 0.29) is 53.3 Å². The number of carbonyl (C=O) groups is 4. The van der Waals surface area contributed by atoms with Crippen molar-refractivity contribution in [3.63, 3.8) is 0 Å². The smallest absolute Gasteiger partial charge is 0.245 e. The third-order valence-electron chi connectivity index (χ3n) is 9.07. The lowest BCUT2D eigenvalue weighted by Gasteiger charge is -2.26. The number of rotatable bonds is 5. The molecule has 9 nitrogen and oxygen atoms in total. The van der Waals surface area contributed by atoms with Gasteiger partial charge in [-0.05, 0) is 63.6 Å². The summed E-state index contributed by atoms with van der Waals surface area (Å²) in [6.07, 6.45) is 6.17. The summed E-state index contributed by atoms with van der Waals surface area (Å²) in [5.74, 6) is -0.277. The quantitative estimate of drug-likeness (QED) is 0.539. The van der Waals surface area contributed by atoms with Gasteiger partial charge in [-0.3, -0.25) is 23.9 Å². The van der Waals surface area contributed by atoms with Gasteiger partial charge in [0.25, 0.3) is 0 Å².